The molecule has 1 aromatic heterocycles. The molecular formula is C28H25N3O2S. The Morgan fingerprint density at radius 3 is 2.68 bits per heavy atom. The Labute approximate surface area is 203 Å². The summed E-state index contributed by atoms with van der Waals surface area (Å²) < 4.78 is 7.72. The van der Waals surface area contributed by atoms with Gasteiger partial charge >= 0.3 is 0 Å². The van der Waals surface area contributed by atoms with E-state index in [-0.39, 0.29) is 5.91 Å². The Balaban J connectivity index is 1.42. The summed E-state index contributed by atoms with van der Waals surface area (Å²) in [5, 5.41) is 4.57. The number of rotatable bonds is 6. The molecule has 1 aliphatic rings. The minimum absolute atomic E-state index is 0.134. The first kappa shape index (κ1) is 22.0. The fourth-order valence-electron chi connectivity index (χ4n) is 4.05. The summed E-state index contributed by atoms with van der Waals surface area (Å²) in [5.41, 5.74) is 5.42. The summed E-state index contributed by atoms with van der Waals surface area (Å²) >= 11 is 1.36. The SMILES string of the molecule is CCOc1ccc(N=C2NC(=O)/C(=C/c3cn(Cc4cccc(C)c4)c4ccccc34)S2)cc1. The third-order valence-corrected chi connectivity index (χ3v) is 6.48. The molecule has 1 aliphatic heterocycles. The van der Waals surface area contributed by atoms with E-state index in [1.165, 1.54) is 22.9 Å². The van der Waals surface area contributed by atoms with Crippen LogP contribution in [0, 0.1) is 6.92 Å². The largest absolute Gasteiger partial charge is 0.494 e. The quantitative estimate of drug-likeness (QED) is 0.339. The number of hydrogen-bond acceptors (Lipinski definition) is 4. The van der Waals surface area contributed by atoms with Crippen molar-refractivity contribution in [1.82, 2.24) is 9.88 Å². The highest BCUT2D eigenvalue weighted by molar-refractivity contribution is 8.18. The first-order chi connectivity index (χ1) is 16.6. The lowest BCUT2D eigenvalue weighted by atomic mass is 10.1. The van der Waals surface area contributed by atoms with Crippen LogP contribution in [0.5, 0.6) is 5.75 Å². The number of ether oxygens (including phenoxy) is 1. The molecule has 0 radical (unpaired) electrons. The first-order valence-corrected chi connectivity index (χ1v) is 12.1. The summed E-state index contributed by atoms with van der Waals surface area (Å²) in [5.74, 6) is 0.669. The van der Waals surface area contributed by atoms with Crippen molar-refractivity contribution < 1.29 is 9.53 Å². The van der Waals surface area contributed by atoms with Gasteiger partial charge in [0.25, 0.3) is 5.91 Å². The van der Waals surface area contributed by atoms with Crippen molar-refractivity contribution >= 4 is 45.5 Å². The van der Waals surface area contributed by atoms with Crippen LogP contribution in [0.15, 0.2) is 88.9 Å². The summed E-state index contributed by atoms with van der Waals surface area (Å²) in [6.45, 7) is 5.45. The lowest BCUT2D eigenvalue weighted by Gasteiger charge is -2.06. The first-order valence-electron chi connectivity index (χ1n) is 11.2. The maximum Gasteiger partial charge on any atom is 0.264 e. The van der Waals surface area contributed by atoms with Crippen LogP contribution in [0.4, 0.5) is 5.69 Å². The molecule has 0 aliphatic carbocycles. The number of nitrogens with one attached hydrogen (secondary N) is 1. The number of amidine groups is 1. The van der Waals surface area contributed by atoms with Crippen molar-refractivity contribution in [2.24, 2.45) is 4.99 Å². The van der Waals surface area contributed by atoms with E-state index in [1.54, 1.807) is 0 Å². The smallest absolute Gasteiger partial charge is 0.264 e. The number of carbonyl (C=O) groups excluding carboxylic acids is 1. The molecule has 0 unspecified atom stereocenters. The van der Waals surface area contributed by atoms with Crippen LogP contribution in [0.25, 0.3) is 17.0 Å². The Morgan fingerprint density at radius 1 is 1.06 bits per heavy atom. The zero-order chi connectivity index (χ0) is 23.5. The summed E-state index contributed by atoms with van der Waals surface area (Å²) in [7, 11) is 0. The Kier molecular flexibility index (Phi) is 6.23. The van der Waals surface area contributed by atoms with Gasteiger partial charge in [0.15, 0.2) is 5.17 Å². The number of amides is 1. The summed E-state index contributed by atoms with van der Waals surface area (Å²) in [6, 6.07) is 24.4. The minimum atomic E-state index is -0.134. The van der Waals surface area contributed by atoms with E-state index >= 15 is 0 Å². The molecule has 1 fully saturated rings. The number of carbonyl (C=O) groups is 1. The van der Waals surface area contributed by atoms with Crippen molar-refractivity contribution in [3.8, 4) is 5.75 Å². The van der Waals surface area contributed by atoms with E-state index < -0.39 is 0 Å². The third-order valence-electron chi connectivity index (χ3n) is 5.57. The molecule has 1 amide bonds. The minimum Gasteiger partial charge on any atom is -0.494 e. The van der Waals surface area contributed by atoms with Gasteiger partial charge < -0.3 is 14.6 Å². The number of thioether (sulfide) groups is 1. The highest BCUT2D eigenvalue weighted by Gasteiger charge is 2.24. The molecule has 0 atom stereocenters. The maximum atomic E-state index is 12.7. The standard InChI is InChI=1S/C28H25N3O2S/c1-3-33-23-13-11-22(12-14-23)29-28-30-27(32)26(34-28)16-21-18-31(25-10-5-4-9-24(21)25)17-20-8-6-7-19(2)15-20/h4-16,18H,3,17H2,1-2H3,(H,29,30,32)/b26-16-. The number of aromatic nitrogens is 1. The second-order valence-corrected chi connectivity index (χ2v) is 9.16. The van der Waals surface area contributed by atoms with Gasteiger partial charge in [-0.3, -0.25) is 4.79 Å². The van der Waals surface area contributed by atoms with Crippen LogP contribution in [0.1, 0.15) is 23.6 Å². The van der Waals surface area contributed by atoms with E-state index in [2.05, 4.69) is 64.4 Å². The van der Waals surface area contributed by atoms with Crippen molar-refractivity contribution in [2.75, 3.05) is 6.61 Å². The monoisotopic (exact) mass is 467 g/mol. The molecule has 3 aromatic carbocycles. The van der Waals surface area contributed by atoms with Crippen LogP contribution in [0.3, 0.4) is 0 Å². The molecule has 5 nitrogen and oxygen atoms in total. The predicted octanol–water partition coefficient (Wildman–Crippen LogP) is 6.29. The molecule has 34 heavy (non-hydrogen) atoms. The Morgan fingerprint density at radius 2 is 1.88 bits per heavy atom. The molecule has 6 heteroatoms. The molecule has 1 N–H and O–H groups in total. The van der Waals surface area contributed by atoms with Crippen LogP contribution in [0.2, 0.25) is 0 Å². The van der Waals surface area contributed by atoms with Gasteiger partial charge in [0.2, 0.25) is 0 Å². The number of para-hydroxylation sites is 1. The lowest BCUT2D eigenvalue weighted by molar-refractivity contribution is -0.115. The zero-order valence-corrected chi connectivity index (χ0v) is 19.9. The van der Waals surface area contributed by atoms with Crippen molar-refractivity contribution in [1.29, 1.82) is 0 Å². The van der Waals surface area contributed by atoms with Crippen molar-refractivity contribution in [3.05, 3.63) is 101 Å². The second kappa shape index (κ2) is 9.61. The molecule has 2 heterocycles. The Hall–Kier alpha value is -3.77. The molecule has 170 valence electrons. The average Bonchev–Trinajstić information content (AvgIpc) is 3.35. The molecule has 0 saturated carbocycles. The van der Waals surface area contributed by atoms with Gasteiger partial charge in [0, 0.05) is 29.2 Å². The lowest BCUT2D eigenvalue weighted by Crippen LogP contribution is -2.19. The highest BCUT2D eigenvalue weighted by Crippen LogP contribution is 2.31. The number of benzene rings is 3. The van der Waals surface area contributed by atoms with Crippen molar-refractivity contribution in [3.63, 3.8) is 0 Å². The van der Waals surface area contributed by atoms with E-state index in [0.29, 0.717) is 16.7 Å². The molecule has 0 spiro atoms. The van der Waals surface area contributed by atoms with Gasteiger partial charge in [-0.05, 0) is 67.6 Å². The van der Waals surface area contributed by atoms with Crippen molar-refractivity contribution in [2.45, 2.75) is 20.4 Å². The maximum absolute atomic E-state index is 12.7. The normalized spacial score (nSPS) is 15.9. The van der Waals surface area contributed by atoms with Gasteiger partial charge in [0.1, 0.15) is 5.75 Å². The second-order valence-electron chi connectivity index (χ2n) is 8.13. The summed E-state index contributed by atoms with van der Waals surface area (Å²) in [6.07, 6.45) is 4.07. The fraction of sp³-hybridized carbons (Fsp3) is 0.143. The van der Waals surface area contributed by atoms with Crippen LogP contribution < -0.4 is 10.1 Å². The van der Waals surface area contributed by atoms with E-state index in [0.717, 1.165) is 34.4 Å². The third kappa shape index (κ3) is 4.77. The molecular weight excluding hydrogens is 442 g/mol. The van der Waals surface area contributed by atoms with E-state index in [1.807, 2.05) is 49.4 Å². The van der Waals surface area contributed by atoms with Crippen LogP contribution in [-0.2, 0) is 11.3 Å². The molecule has 0 bridgehead atoms. The fourth-order valence-corrected chi connectivity index (χ4v) is 4.88. The number of fused-ring (bicyclic) bond motifs is 1. The highest BCUT2D eigenvalue weighted by atomic mass is 32.2. The summed E-state index contributed by atoms with van der Waals surface area (Å²) in [4.78, 5) is 17.9. The molecule has 1 saturated heterocycles. The average molecular weight is 468 g/mol. The van der Waals surface area contributed by atoms with Gasteiger partial charge in [-0.2, -0.15) is 0 Å². The van der Waals surface area contributed by atoms with Gasteiger partial charge in [-0.15, -0.1) is 0 Å². The van der Waals surface area contributed by atoms with Gasteiger partial charge in [-0.25, -0.2) is 4.99 Å². The predicted molar refractivity (Wildman–Crippen MR) is 141 cm³/mol. The van der Waals surface area contributed by atoms with E-state index in [4.69, 9.17) is 4.74 Å². The Bertz CT molecular complexity index is 1420. The number of aliphatic imine (C=N–C) groups is 1. The number of hydrogen-bond donors (Lipinski definition) is 1. The molecule has 5 rings (SSSR count). The molecule has 4 aromatic rings. The van der Waals surface area contributed by atoms with Crippen LogP contribution in [-0.4, -0.2) is 22.2 Å². The van der Waals surface area contributed by atoms with Gasteiger partial charge in [-0.1, -0.05) is 48.0 Å². The van der Waals surface area contributed by atoms with Crippen LogP contribution >= 0.6 is 11.8 Å². The zero-order valence-electron chi connectivity index (χ0n) is 19.1. The topological polar surface area (TPSA) is 55.6 Å². The van der Waals surface area contributed by atoms with E-state index in [9.17, 15) is 4.79 Å². The number of aryl methyl sites for hydroxylation is 1. The van der Waals surface area contributed by atoms with Gasteiger partial charge in [0.05, 0.1) is 17.2 Å². The number of nitrogens with zero attached hydrogens (tertiary/aromatic N) is 2.